The van der Waals surface area contributed by atoms with Crippen LogP contribution < -0.4 is 0 Å². The van der Waals surface area contributed by atoms with Gasteiger partial charge in [0.25, 0.3) is 0 Å². The third-order valence-electron chi connectivity index (χ3n) is 9.88. The zero-order chi connectivity index (χ0) is 22.6. The van der Waals surface area contributed by atoms with E-state index in [-0.39, 0.29) is 12.0 Å². The first-order valence-corrected chi connectivity index (χ1v) is 14.2. The molecule has 4 fully saturated rings. The van der Waals surface area contributed by atoms with E-state index in [0.717, 1.165) is 56.3 Å². The van der Waals surface area contributed by atoms with Crippen molar-refractivity contribution in [2.75, 3.05) is 0 Å². The minimum Gasteiger partial charge on any atom is -0.316 e. The molecule has 1 heterocycles. The predicted octanol–water partition coefficient (Wildman–Crippen LogP) is 9.17. The van der Waals surface area contributed by atoms with Crippen molar-refractivity contribution in [2.24, 2.45) is 41.4 Å². The van der Waals surface area contributed by atoms with Crippen molar-refractivity contribution in [3.8, 4) is 0 Å². The third kappa shape index (κ3) is 5.78. The van der Waals surface area contributed by atoms with Crippen molar-refractivity contribution >= 4 is 0 Å². The summed E-state index contributed by atoms with van der Waals surface area (Å²) in [4.78, 5) is 0. The second kappa shape index (κ2) is 11.3. The van der Waals surface area contributed by atoms with Gasteiger partial charge in [-0.15, -0.1) is 0 Å². The normalized spacial score (nSPS) is 42.6. The van der Waals surface area contributed by atoms with Crippen LogP contribution >= 0.6 is 0 Å². The smallest absolute Gasteiger partial charge is 0.316 e. The van der Waals surface area contributed by atoms with Gasteiger partial charge in [-0.05, 0) is 107 Å². The fraction of sp³-hybridized carbons (Fsp3) is 0.931. The molecule has 0 N–H and O–H groups in total. The quantitative estimate of drug-likeness (QED) is 0.264. The molecule has 0 radical (unpaired) electrons. The van der Waals surface area contributed by atoms with E-state index in [1.807, 2.05) is 0 Å². The largest absolute Gasteiger partial charge is 0.361 e. The molecule has 0 amide bonds. The first-order chi connectivity index (χ1) is 15.5. The van der Waals surface area contributed by atoms with E-state index < -0.39 is 12.0 Å². The molecule has 0 aromatic carbocycles. The standard InChI is InChI=1S/C29H48F2O/c1-3-5-6-8-22-9-13-23(14-10-22)24-17-19-26(20-18-24)28-27(29(30,31)32-28)25-15-11-21(7-4-2)12-16-25/h4,7,21-28H,3,5-6,8-20H2,1-2H3/t21?,22?,23?,24?,25?,26?,27-,28-/m0/s1. The van der Waals surface area contributed by atoms with Gasteiger partial charge in [-0.2, -0.15) is 8.78 Å². The van der Waals surface area contributed by atoms with Crippen molar-refractivity contribution in [2.45, 2.75) is 129 Å². The molecule has 3 saturated carbocycles. The lowest BCUT2D eigenvalue weighted by atomic mass is 9.64. The number of allylic oxidation sites excluding steroid dienone is 2. The Hall–Kier alpha value is -0.440. The maximum Gasteiger partial charge on any atom is 0.361 e. The zero-order valence-electron chi connectivity index (χ0n) is 20.8. The van der Waals surface area contributed by atoms with Crippen LogP contribution in [0.3, 0.4) is 0 Å². The lowest BCUT2D eigenvalue weighted by molar-refractivity contribution is -0.418. The van der Waals surface area contributed by atoms with Crippen LogP contribution in [0, 0.1) is 41.4 Å². The molecule has 32 heavy (non-hydrogen) atoms. The summed E-state index contributed by atoms with van der Waals surface area (Å²) in [6.07, 6.45) is 21.4. The minimum absolute atomic E-state index is 0.158. The first-order valence-electron chi connectivity index (χ1n) is 14.2. The van der Waals surface area contributed by atoms with Gasteiger partial charge in [-0.1, -0.05) is 57.6 Å². The Balaban J connectivity index is 1.22. The molecule has 1 nitrogen and oxygen atoms in total. The van der Waals surface area contributed by atoms with Gasteiger partial charge in [-0.25, -0.2) is 0 Å². The highest BCUT2D eigenvalue weighted by atomic mass is 19.3. The van der Waals surface area contributed by atoms with Crippen molar-refractivity contribution in [3.63, 3.8) is 0 Å². The van der Waals surface area contributed by atoms with Crippen molar-refractivity contribution < 1.29 is 13.5 Å². The van der Waals surface area contributed by atoms with Crippen LogP contribution in [-0.2, 0) is 4.74 Å². The van der Waals surface area contributed by atoms with Gasteiger partial charge in [0, 0.05) is 0 Å². The van der Waals surface area contributed by atoms with Gasteiger partial charge in [0.05, 0.1) is 12.0 Å². The minimum atomic E-state index is -2.88. The molecule has 0 unspecified atom stereocenters. The number of hydrogen-bond donors (Lipinski definition) is 0. The summed E-state index contributed by atoms with van der Waals surface area (Å²) in [5.41, 5.74) is 0. The molecule has 184 valence electrons. The monoisotopic (exact) mass is 450 g/mol. The molecule has 0 spiro atoms. The Morgan fingerprint density at radius 1 is 0.750 bits per heavy atom. The number of alkyl halides is 2. The van der Waals surface area contributed by atoms with E-state index in [1.165, 1.54) is 64.2 Å². The summed E-state index contributed by atoms with van der Waals surface area (Å²) in [5, 5.41) is 0. The second-order valence-corrected chi connectivity index (χ2v) is 11.8. The number of halogens is 2. The Morgan fingerprint density at radius 3 is 1.88 bits per heavy atom. The van der Waals surface area contributed by atoms with Crippen molar-refractivity contribution in [1.82, 2.24) is 0 Å². The highest BCUT2D eigenvalue weighted by Crippen LogP contribution is 2.55. The summed E-state index contributed by atoms with van der Waals surface area (Å²) in [5.74, 6) is 3.33. The van der Waals surface area contributed by atoms with Gasteiger partial charge in [-0.3, -0.25) is 0 Å². The SMILES string of the molecule is CC=CC1CCC([C@H]2[C@H](C3CCC(C4CCC(CCCCC)CC4)CC3)OC2(F)F)CC1. The Morgan fingerprint density at radius 2 is 1.31 bits per heavy atom. The Bertz CT molecular complexity index is 578. The van der Waals surface area contributed by atoms with Crippen LogP contribution in [0.4, 0.5) is 8.78 Å². The zero-order valence-corrected chi connectivity index (χ0v) is 20.8. The van der Waals surface area contributed by atoms with Gasteiger partial charge in [0.15, 0.2) is 0 Å². The third-order valence-corrected chi connectivity index (χ3v) is 9.88. The fourth-order valence-corrected chi connectivity index (χ4v) is 7.93. The van der Waals surface area contributed by atoms with Crippen molar-refractivity contribution in [1.29, 1.82) is 0 Å². The van der Waals surface area contributed by atoms with Crippen LogP contribution in [0.1, 0.15) is 117 Å². The summed E-state index contributed by atoms with van der Waals surface area (Å²) >= 11 is 0. The number of unbranched alkanes of at least 4 members (excludes halogenated alkanes) is 2. The topological polar surface area (TPSA) is 9.23 Å². The predicted molar refractivity (Wildman–Crippen MR) is 129 cm³/mol. The molecular formula is C29H48F2O. The molecule has 0 aromatic heterocycles. The molecule has 0 aromatic rings. The summed E-state index contributed by atoms with van der Waals surface area (Å²) < 4.78 is 34.3. The van der Waals surface area contributed by atoms with Gasteiger partial charge < -0.3 is 4.74 Å². The van der Waals surface area contributed by atoms with Crippen molar-refractivity contribution in [3.05, 3.63) is 12.2 Å². The summed E-state index contributed by atoms with van der Waals surface area (Å²) in [6, 6.07) is 0. The molecule has 4 rings (SSSR count). The summed E-state index contributed by atoms with van der Waals surface area (Å²) in [7, 11) is 0. The molecule has 3 aliphatic carbocycles. The average Bonchev–Trinajstić information content (AvgIpc) is 2.80. The Kier molecular flexibility index (Phi) is 8.73. The first kappa shape index (κ1) is 24.7. The van der Waals surface area contributed by atoms with E-state index in [0.29, 0.717) is 11.8 Å². The molecule has 3 heteroatoms. The van der Waals surface area contributed by atoms with E-state index in [9.17, 15) is 8.78 Å². The number of ether oxygens (including phenoxy) is 1. The molecular weight excluding hydrogens is 402 g/mol. The number of hydrogen-bond acceptors (Lipinski definition) is 1. The summed E-state index contributed by atoms with van der Waals surface area (Å²) in [6.45, 7) is 4.35. The van der Waals surface area contributed by atoms with Crippen LogP contribution in [0.5, 0.6) is 0 Å². The van der Waals surface area contributed by atoms with Crippen LogP contribution in [-0.4, -0.2) is 12.2 Å². The van der Waals surface area contributed by atoms with Crippen LogP contribution in [0.15, 0.2) is 12.2 Å². The van der Waals surface area contributed by atoms with Crippen LogP contribution in [0.25, 0.3) is 0 Å². The Labute approximate surface area is 196 Å². The van der Waals surface area contributed by atoms with Gasteiger partial charge in [0.1, 0.15) is 0 Å². The van der Waals surface area contributed by atoms with Gasteiger partial charge in [0.2, 0.25) is 0 Å². The molecule has 4 aliphatic rings. The van der Waals surface area contributed by atoms with E-state index >= 15 is 0 Å². The molecule has 1 saturated heterocycles. The van der Waals surface area contributed by atoms with E-state index in [2.05, 4.69) is 26.0 Å². The lowest BCUT2D eigenvalue weighted by Gasteiger charge is -2.53. The molecule has 2 atom stereocenters. The maximum atomic E-state index is 14.5. The van der Waals surface area contributed by atoms with Crippen LogP contribution in [0.2, 0.25) is 0 Å². The van der Waals surface area contributed by atoms with E-state index in [1.54, 1.807) is 0 Å². The van der Waals surface area contributed by atoms with Gasteiger partial charge >= 0.3 is 6.11 Å². The highest BCUT2D eigenvalue weighted by molar-refractivity contribution is 5.00. The molecule has 0 bridgehead atoms. The lowest BCUT2D eigenvalue weighted by Crippen LogP contribution is -2.61. The second-order valence-electron chi connectivity index (χ2n) is 11.8. The maximum absolute atomic E-state index is 14.5. The fourth-order valence-electron chi connectivity index (χ4n) is 7.93. The molecule has 1 aliphatic heterocycles. The highest BCUT2D eigenvalue weighted by Gasteiger charge is 2.62. The average molecular weight is 451 g/mol. The van der Waals surface area contributed by atoms with E-state index in [4.69, 9.17) is 4.74 Å². The number of rotatable bonds is 8.